The molecule has 0 N–H and O–H groups in total. The van der Waals surface area contributed by atoms with Gasteiger partial charge in [-0.15, -0.1) is 12.4 Å². The van der Waals surface area contributed by atoms with Gasteiger partial charge in [0.05, 0.1) is 13.2 Å². The highest BCUT2D eigenvalue weighted by atomic mass is 35.5. The lowest BCUT2D eigenvalue weighted by atomic mass is 10.1. The van der Waals surface area contributed by atoms with Gasteiger partial charge in [-0.2, -0.15) is 11.3 Å². The average Bonchev–Trinajstić information content (AvgIpc) is 3.29. The zero-order chi connectivity index (χ0) is 21.7. The van der Waals surface area contributed by atoms with Crippen molar-refractivity contribution in [1.82, 2.24) is 4.90 Å². The maximum absolute atomic E-state index is 5.83. The van der Waals surface area contributed by atoms with E-state index in [-0.39, 0.29) is 12.4 Å². The van der Waals surface area contributed by atoms with Crippen molar-refractivity contribution in [2.45, 2.75) is 26.4 Å². The molecule has 0 atom stereocenters. The molecule has 0 unspecified atom stereocenters. The van der Waals surface area contributed by atoms with Crippen LogP contribution in [0.25, 0.3) is 11.1 Å². The predicted molar refractivity (Wildman–Crippen MR) is 133 cm³/mol. The molecule has 0 spiro atoms. The Morgan fingerprint density at radius 1 is 1.13 bits per heavy atom. The Balaban J connectivity index is 0.00000480. The van der Waals surface area contributed by atoms with E-state index >= 15 is 0 Å². The van der Waals surface area contributed by atoms with Crippen LogP contribution in [0.3, 0.4) is 0 Å². The SMILES string of the molecule is CCN(CC=CC#CC(C)(C)OC)CCOCCOc1cccc(-c2ccsc2)c1.Cl. The van der Waals surface area contributed by atoms with Crippen LogP contribution in [0.4, 0.5) is 0 Å². The Kier molecular flexibility index (Phi) is 13.2. The Hall–Kier alpha value is -1.81. The summed E-state index contributed by atoms with van der Waals surface area (Å²) in [5, 5.41) is 4.23. The van der Waals surface area contributed by atoms with Crippen molar-refractivity contribution in [2.24, 2.45) is 0 Å². The fourth-order valence-electron chi connectivity index (χ4n) is 2.61. The Morgan fingerprint density at radius 3 is 2.68 bits per heavy atom. The summed E-state index contributed by atoms with van der Waals surface area (Å²) in [6, 6.07) is 10.3. The van der Waals surface area contributed by atoms with E-state index < -0.39 is 5.60 Å². The van der Waals surface area contributed by atoms with E-state index in [0.717, 1.165) is 25.4 Å². The fourth-order valence-corrected chi connectivity index (χ4v) is 3.28. The molecule has 1 aromatic heterocycles. The summed E-state index contributed by atoms with van der Waals surface area (Å²) < 4.78 is 16.9. The average molecular weight is 464 g/mol. The van der Waals surface area contributed by atoms with Crippen LogP contribution in [-0.4, -0.2) is 57.1 Å². The van der Waals surface area contributed by atoms with Crippen molar-refractivity contribution in [2.75, 3.05) is 46.6 Å². The van der Waals surface area contributed by atoms with Crippen molar-refractivity contribution in [3.8, 4) is 28.7 Å². The van der Waals surface area contributed by atoms with Gasteiger partial charge in [0.1, 0.15) is 18.0 Å². The van der Waals surface area contributed by atoms with Crippen molar-refractivity contribution in [3.05, 3.63) is 53.2 Å². The number of thiophene rings is 1. The molecule has 2 aromatic rings. The quantitative estimate of drug-likeness (QED) is 0.305. The van der Waals surface area contributed by atoms with Crippen LogP contribution in [0.2, 0.25) is 0 Å². The van der Waals surface area contributed by atoms with Crippen LogP contribution in [0, 0.1) is 11.8 Å². The van der Waals surface area contributed by atoms with Gasteiger partial charge in [0, 0.05) is 20.2 Å². The maximum Gasteiger partial charge on any atom is 0.123 e. The third-order valence-electron chi connectivity index (χ3n) is 4.63. The first kappa shape index (κ1) is 27.2. The molecule has 6 heteroatoms. The van der Waals surface area contributed by atoms with Crippen molar-refractivity contribution >= 4 is 23.7 Å². The fraction of sp³-hybridized carbons (Fsp3) is 0.440. The van der Waals surface area contributed by atoms with E-state index in [4.69, 9.17) is 14.2 Å². The van der Waals surface area contributed by atoms with Gasteiger partial charge in [-0.05, 0) is 66.6 Å². The Bertz CT molecular complexity index is 825. The van der Waals surface area contributed by atoms with E-state index in [9.17, 15) is 0 Å². The van der Waals surface area contributed by atoms with Crippen LogP contribution in [0.15, 0.2) is 53.2 Å². The second-order valence-corrected chi connectivity index (χ2v) is 8.06. The summed E-state index contributed by atoms with van der Waals surface area (Å²) in [5.74, 6) is 6.99. The number of methoxy groups -OCH3 is 1. The number of nitrogens with zero attached hydrogens (tertiary/aromatic N) is 1. The van der Waals surface area contributed by atoms with Crippen LogP contribution >= 0.6 is 23.7 Å². The largest absolute Gasteiger partial charge is 0.491 e. The van der Waals surface area contributed by atoms with Crippen molar-refractivity contribution in [1.29, 1.82) is 0 Å². The van der Waals surface area contributed by atoms with Crippen molar-refractivity contribution < 1.29 is 14.2 Å². The second kappa shape index (κ2) is 15.1. The van der Waals surface area contributed by atoms with E-state index in [1.807, 2.05) is 32.1 Å². The molecule has 0 aliphatic carbocycles. The number of ether oxygens (including phenoxy) is 3. The molecule has 2 rings (SSSR count). The first-order valence-electron chi connectivity index (χ1n) is 10.3. The van der Waals surface area contributed by atoms with Gasteiger partial charge in [0.15, 0.2) is 0 Å². The monoisotopic (exact) mass is 463 g/mol. The first-order valence-corrected chi connectivity index (χ1v) is 11.3. The lowest BCUT2D eigenvalue weighted by Crippen LogP contribution is -2.28. The zero-order valence-electron chi connectivity index (χ0n) is 18.9. The van der Waals surface area contributed by atoms with Crippen molar-refractivity contribution in [3.63, 3.8) is 0 Å². The molecular formula is C25H34ClNO3S. The summed E-state index contributed by atoms with van der Waals surface area (Å²) in [5.41, 5.74) is 2.00. The number of allylic oxidation sites excluding steroid dienone is 1. The van der Waals surface area contributed by atoms with Crippen LogP contribution in [0.5, 0.6) is 5.75 Å². The van der Waals surface area contributed by atoms with Gasteiger partial charge >= 0.3 is 0 Å². The number of halogens is 1. The molecule has 0 saturated carbocycles. The van der Waals surface area contributed by atoms with Crippen LogP contribution < -0.4 is 4.74 Å². The Labute approximate surface area is 197 Å². The summed E-state index contributed by atoms with van der Waals surface area (Å²) in [4.78, 5) is 2.31. The smallest absolute Gasteiger partial charge is 0.123 e. The predicted octanol–water partition coefficient (Wildman–Crippen LogP) is 5.54. The second-order valence-electron chi connectivity index (χ2n) is 7.28. The number of likely N-dealkylation sites (N-methyl/N-ethyl adjacent to an activating group) is 1. The molecule has 0 amide bonds. The third kappa shape index (κ3) is 10.9. The lowest BCUT2D eigenvalue weighted by molar-refractivity contribution is 0.0742. The molecule has 1 aromatic carbocycles. The molecule has 0 radical (unpaired) electrons. The van der Waals surface area contributed by atoms with Crippen LogP contribution in [-0.2, 0) is 9.47 Å². The highest BCUT2D eigenvalue weighted by molar-refractivity contribution is 7.08. The highest BCUT2D eigenvalue weighted by Crippen LogP contribution is 2.25. The van der Waals surface area contributed by atoms with E-state index in [1.54, 1.807) is 18.4 Å². The molecule has 0 bridgehead atoms. The summed E-state index contributed by atoms with van der Waals surface area (Å²) >= 11 is 1.70. The molecule has 0 saturated heterocycles. The van der Waals surface area contributed by atoms with Gasteiger partial charge in [0.2, 0.25) is 0 Å². The number of benzene rings is 1. The minimum Gasteiger partial charge on any atom is -0.491 e. The number of hydrogen-bond acceptors (Lipinski definition) is 5. The summed E-state index contributed by atoms with van der Waals surface area (Å²) in [6.07, 6.45) is 3.97. The zero-order valence-corrected chi connectivity index (χ0v) is 20.6. The molecule has 1 heterocycles. The molecule has 0 aliphatic heterocycles. The topological polar surface area (TPSA) is 30.9 Å². The molecule has 31 heavy (non-hydrogen) atoms. The molecule has 170 valence electrons. The van der Waals surface area contributed by atoms with Gasteiger partial charge in [-0.3, -0.25) is 4.90 Å². The molecule has 0 aliphatic rings. The van der Waals surface area contributed by atoms with Gasteiger partial charge in [-0.25, -0.2) is 0 Å². The lowest BCUT2D eigenvalue weighted by Gasteiger charge is -2.18. The standard InChI is InChI=1S/C25H33NO3S.ClH/c1-5-26(14-8-6-7-13-25(2,3)27-4)15-16-28-17-18-29-24-11-9-10-22(20-24)23-12-19-30-21-23;/h6,8-12,19-21H,5,14-18H2,1-4H3;1H. The third-order valence-corrected chi connectivity index (χ3v) is 5.32. The normalized spacial score (nSPS) is 11.3. The maximum atomic E-state index is 5.83. The minimum atomic E-state index is -0.407. The molecule has 4 nitrogen and oxygen atoms in total. The van der Waals surface area contributed by atoms with Gasteiger partial charge in [-0.1, -0.05) is 37.0 Å². The molecular weight excluding hydrogens is 430 g/mol. The van der Waals surface area contributed by atoms with Gasteiger partial charge < -0.3 is 14.2 Å². The minimum absolute atomic E-state index is 0. The Morgan fingerprint density at radius 2 is 1.97 bits per heavy atom. The molecule has 0 fully saturated rings. The van der Waals surface area contributed by atoms with E-state index in [1.165, 1.54) is 11.1 Å². The summed E-state index contributed by atoms with van der Waals surface area (Å²) in [7, 11) is 1.67. The van der Waals surface area contributed by atoms with E-state index in [2.05, 4.69) is 58.7 Å². The number of hydrogen-bond donors (Lipinski definition) is 0. The first-order chi connectivity index (χ1) is 14.5. The highest BCUT2D eigenvalue weighted by Gasteiger charge is 2.10. The number of rotatable bonds is 12. The van der Waals surface area contributed by atoms with E-state index in [0.29, 0.717) is 19.8 Å². The van der Waals surface area contributed by atoms with Crippen LogP contribution in [0.1, 0.15) is 20.8 Å². The summed E-state index contributed by atoms with van der Waals surface area (Å²) in [6.45, 7) is 10.6. The van der Waals surface area contributed by atoms with Gasteiger partial charge in [0.25, 0.3) is 0 Å².